The van der Waals surface area contributed by atoms with Gasteiger partial charge in [-0.2, -0.15) is 4.98 Å². The molecule has 3 heterocycles. The average molecular weight is 386 g/mol. The van der Waals surface area contributed by atoms with Crippen LogP contribution in [0.25, 0.3) is 0 Å². The second kappa shape index (κ2) is 8.13. The van der Waals surface area contributed by atoms with Gasteiger partial charge in [0, 0.05) is 56.1 Å². The van der Waals surface area contributed by atoms with Gasteiger partial charge in [0.1, 0.15) is 5.82 Å². The lowest BCUT2D eigenvalue weighted by molar-refractivity contribution is 0.0746. The second-order valence-corrected chi connectivity index (χ2v) is 7.49. The molecule has 0 radical (unpaired) electrons. The summed E-state index contributed by atoms with van der Waals surface area (Å²) in [5.41, 5.74) is 0.683. The molecular weight excluding hydrogens is 362 g/mol. The van der Waals surface area contributed by atoms with Gasteiger partial charge in [-0.3, -0.25) is 4.79 Å². The highest BCUT2D eigenvalue weighted by Gasteiger charge is 2.23. The molecule has 0 atom stereocenters. The summed E-state index contributed by atoms with van der Waals surface area (Å²) in [5.74, 6) is 1.83. The van der Waals surface area contributed by atoms with Crippen molar-refractivity contribution in [1.29, 1.82) is 0 Å². The summed E-state index contributed by atoms with van der Waals surface area (Å²) in [6.07, 6.45) is 5.55. The number of amides is 1. The molecule has 0 bridgehead atoms. The molecule has 1 aromatic heterocycles. The third kappa shape index (κ3) is 4.16. The molecule has 0 aliphatic carbocycles. The molecule has 2 saturated heterocycles. The Bertz CT molecular complexity index is 783. The lowest BCUT2D eigenvalue weighted by Gasteiger charge is -2.36. The quantitative estimate of drug-likeness (QED) is 0.812. The summed E-state index contributed by atoms with van der Waals surface area (Å²) >= 11 is 5.91. The van der Waals surface area contributed by atoms with Crippen molar-refractivity contribution in [3.8, 4) is 0 Å². The number of anilines is 2. The molecule has 0 saturated carbocycles. The highest BCUT2D eigenvalue weighted by Crippen LogP contribution is 2.20. The largest absolute Gasteiger partial charge is 0.353 e. The van der Waals surface area contributed by atoms with E-state index < -0.39 is 0 Å². The maximum absolute atomic E-state index is 12.6. The summed E-state index contributed by atoms with van der Waals surface area (Å²) < 4.78 is 0. The van der Waals surface area contributed by atoms with Crippen LogP contribution in [0.4, 0.5) is 11.8 Å². The number of halogens is 1. The Labute approximate surface area is 164 Å². The van der Waals surface area contributed by atoms with Crippen LogP contribution in [0.3, 0.4) is 0 Å². The number of hydrogen-bond acceptors (Lipinski definition) is 5. The van der Waals surface area contributed by atoms with E-state index >= 15 is 0 Å². The van der Waals surface area contributed by atoms with Gasteiger partial charge < -0.3 is 14.7 Å². The first kappa shape index (κ1) is 18.0. The second-order valence-electron chi connectivity index (χ2n) is 7.05. The van der Waals surface area contributed by atoms with Crippen LogP contribution in [0.5, 0.6) is 0 Å². The fraction of sp³-hybridized carbons (Fsp3) is 0.450. The Hall–Kier alpha value is -2.34. The lowest BCUT2D eigenvalue weighted by atomic mass is 10.1. The third-order valence-corrected chi connectivity index (χ3v) is 5.50. The van der Waals surface area contributed by atoms with Crippen molar-refractivity contribution in [2.24, 2.45) is 0 Å². The third-order valence-electron chi connectivity index (χ3n) is 5.25. The maximum atomic E-state index is 12.6. The molecule has 7 heteroatoms. The van der Waals surface area contributed by atoms with Crippen molar-refractivity contribution in [2.45, 2.75) is 19.3 Å². The Morgan fingerprint density at radius 1 is 0.852 bits per heavy atom. The first-order valence-corrected chi connectivity index (χ1v) is 9.96. The van der Waals surface area contributed by atoms with Gasteiger partial charge in [0.2, 0.25) is 5.95 Å². The SMILES string of the molecule is O=C(c1ccc(Cl)cc1)N1CCN(c2ccnc(N3CCCCC3)n2)CC1. The molecule has 6 nitrogen and oxygen atoms in total. The minimum atomic E-state index is 0.0583. The Balaban J connectivity index is 1.39. The van der Waals surface area contributed by atoms with Crippen LogP contribution in [0.1, 0.15) is 29.6 Å². The van der Waals surface area contributed by atoms with Gasteiger partial charge in [-0.05, 0) is 49.6 Å². The van der Waals surface area contributed by atoms with Gasteiger partial charge >= 0.3 is 0 Å². The molecule has 4 rings (SSSR count). The molecule has 0 spiro atoms. The lowest BCUT2D eigenvalue weighted by Crippen LogP contribution is -2.49. The van der Waals surface area contributed by atoms with E-state index in [9.17, 15) is 4.79 Å². The first-order valence-electron chi connectivity index (χ1n) is 9.58. The van der Waals surface area contributed by atoms with Crippen LogP contribution in [-0.2, 0) is 0 Å². The van der Waals surface area contributed by atoms with Crippen molar-refractivity contribution in [3.63, 3.8) is 0 Å². The van der Waals surface area contributed by atoms with E-state index in [-0.39, 0.29) is 5.91 Å². The van der Waals surface area contributed by atoms with Gasteiger partial charge in [-0.15, -0.1) is 0 Å². The van der Waals surface area contributed by atoms with Gasteiger partial charge in [0.05, 0.1) is 0 Å². The van der Waals surface area contributed by atoms with Crippen LogP contribution >= 0.6 is 11.6 Å². The normalized spacial score (nSPS) is 17.9. The van der Waals surface area contributed by atoms with Gasteiger partial charge in [0.25, 0.3) is 5.91 Å². The zero-order valence-electron chi connectivity index (χ0n) is 15.4. The standard InChI is InChI=1S/C20H24ClN5O/c21-17-6-4-16(5-7-17)19(27)25-14-12-24(13-15-25)18-8-9-22-20(23-18)26-10-2-1-3-11-26/h4-9H,1-3,10-15H2. The van der Waals surface area contributed by atoms with E-state index in [2.05, 4.69) is 14.8 Å². The van der Waals surface area contributed by atoms with E-state index in [1.54, 1.807) is 24.3 Å². The number of piperazine rings is 1. The molecule has 27 heavy (non-hydrogen) atoms. The zero-order chi connectivity index (χ0) is 18.6. The summed E-state index contributed by atoms with van der Waals surface area (Å²) in [5, 5.41) is 0.643. The molecular formula is C20H24ClN5O. The van der Waals surface area contributed by atoms with E-state index in [0.29, 0.717) is 23.7 Å². The Morgan fingerprint density at radius 2 is 1.56 bits per heavy atom. The van der Waals surface area contributed by atoms with Crippen molar-refractivity contribution >= 4 is 29.3 Å². The number of hydrogen-bond donors (Lipinski definition) is 0. The Kier molecular flexibility index (Phi) is 5.43. The van der Waals surface area contributed by atoms with E-state index in [1.165, 1.54) is 19.3 Å². The van der Waals surface area contributed by atoms with Crippen LogP contribution in [0, 0.1) is 0 Å². The topological polar surface area (TPSA) is 52.6 Å². The molecule has 2 aliphatic rings. The molecule has 0 N–H and O–H groups in total. The predicted molar refractivity (Wildman–Crippen MR) is 108 cm³/mol. The highest BCUT2D eigenvalue weighted by molar-refractivity contribution is 6.30. The molecule has 1 amide bonds. The molecule has 1 aromatic carbocycles. The van der Waals surface area contributed by atoms with E-state index in [4.69, 9.17) is 16.6 Å². The average Bonchev–Trinajstić information content (AvgIpc) is 2.75. The smallest absolute Gasteiger partial charge is 0.253 e. The van der Waals surface area contributed by atoms with Crippen molar-refractivity contribution in [3.05, 3.63) is 47.1 Å². The number of carbonyl (C=O) groups is 1. The van der Waals surface area contributed by atoms with Crippen molar-refractivity contribution < 1.29 is 4.79 Å². The minimum Gasteiger partial charge on any atom is -0.353 e. The van der Waals surface area contributed by atoms with Gasteiger partial charge in [0.15, 0.2) is 0 Å². The number of benzene rings is 1. The van der Waals surface area contributed by atoms with Crippen LogP contribution < -0.4 is 9.80 Å². The van der Waals surface area contributed by atoms with Crippen LogP contribution in [0.15, 0.2) is 36.5 Å². The molecule has 2 aromatic rings. The number of carbonyl (C=O) groups excluding carboxylic acids is 1. The fourth-order valence-electron chi connectivity index (χ4n) is 3.68. The summed E-state index contributed by atoms with van der Waals surface area (Å²) in [7, 11) is 0. The molecule has 2 fully saturated rings. The zero-order valence-corrected chi connectivity index (χ0v) is 16.1. The number of nitrogens with zero attached hydrogens (tertiary/aromatic N) is 5. The summed E-state index contributed by atoms with van der Waals surface area (Å²) in [4.78, 5) is 28.3. The molecule has 0 unspecified atom stereocenters. The van der Waals surface area contributed by atoms with Crippen LogP contribution in [-0.4, -0.2) is 60.0 Å². The molecule has 142 valence electrons. The predicted octanol–water partition coefficient (Wildman–Crippen LogP) is 3.08. The van der Waals surface area contributed by atoms with Crippen LogP contribution in [0.2, 0.25) is 5.02 Å². The van der Waals surface area contributed by atoms with Crippen molar-refractivity contribution in [1.82, 2.24) is 14.9 Å². The van der Waals surface area contributed by atoms with Gasteiger partial charge in [-0.25, -0.2) is 4.98 Å². The Morgan fingerprint density at radius 3 is 2.26 bits per heavy atom. The van der Waals surface area contributed by atoms with Gasteiger partial charge in [-0.1, -0.05) is 11.6 Å². The fourth-order valence-corrected chi connectivity index (χ4v) is 3.80. The van der Waals surface area contributed by atoms with Crippen molar-refractivity contribution in [2.75, 3.05) is 49.1 Å². The molecule has 2 aliphatic heterocycles. The van der Waals surface area contributed by atoms with E-state index in [0.717, 1.165) is 37.9 Å². The summed E-state index contributed by atoms with van der Waals surface area (Å²) in [6, 6.07) is 9.05. The maximum Gasteiger partial charge on any atom is 0.253 e. The number of aromatic nitrogens is 2. The summed E-state index contributed by atoms with van der Waals surface area (Å²) in [6.45, 7) is 4.99. The number of piperidine rings is 1. The number of rotatable bonds is 3. The monoisotopic (exact) mass is 385 g/mol. The first-order chi connectivity index (χ1) is 13.2. The minimum absolute atomic E-state index is 0.0583. The van der Waals surface area contributed by atoms with E-state index in [1.807, 2.05) is 17.2 Å². The highest BCUT2D eigenvalue weighted by atomic mass is 35.5.